The van der Waals surface area contributed by atoms with Gasteiger partial charge in [0.1, 0.15) is 0 Å². The summed E-state index contributed by atoms with van der Waals surface area (Å²) in [5.74, 6) is 0.347. The minimum atomic E-state index is -0.247. The van der Waals surface area contributed by atoms with E-state index in [-0.39, 0.29) is 37.4 Å². The van der Waals surface area contributed by atoms with Crippen molar-refractivity contribution < 1.29 is 14.0 Å². The Morgan fingerprint density at radius 3 is 2.52 bits per heavy atom. The molecular weight excluding hydrogens is 439 g/mol. The summed E-state index contributed by atoms with van der Waals surface area (Å²) in [6.07, 6.45) is 2.06. The van der Waals surface area contributed by atoms with E-state index in [1.165, 1.54) is 0 Å². The molecule has 0 radical (unpaired) electrons. The Bertz CT molecular complexity index is 1080. The molecule has 31 heavy (non-hydrogen) atoms. The lowest BCUT2D eigenvalue weighted by Gasteiger charge is -2.20. The van der Waals surface area contributed by atoms with Crippen molar-refractivity contribution in [3.8, 4) is 11.5 Å². The van der Waals surface area contributed by atoms with Crippen LogP contribution in [0.3, 0.4) is 0 Å². The molecule has 4 rings (SSSR count). The highest BCUT2D eigenvalue weighted by atomic mass is 35.5. The van der Waals surface area contributed by atoms with Crippen LogP contribution >= 0.6 is 23.2 Å². The predicted octanol–water partition coefficient (Wildman–Crippen LogP) is 4.35. The third-order valence-electron chi connectivity index (χ3n) is 4.92. The van der Waals surface area contributed by atoms with Crippen LogP contribution in [-0.4, -0.2) is 39.5 Å². The number of amides is 2. The summed E-state index contributed by atoms with van der Waals surface area (Å²) in [6, 6.07) is 14.0. The molecule has 0 saturated heterocycles. The van der Waals surface area contributed by atoms with Crippen molar-refractivity contribution in [3.63, 3.8) is 0 Å². The van der Waals surface area contributed by atoms with Crippen LogP contribution in [-0.2, 0) is 11.3 Å². The van der Waals surface area contributed by atoms with Gasteiger partial charge in [0.15, 0.2) is 0 Å². The Hall–Kier alpha value is -2.90. The van der Waals surface area contributed by atoms with Gasteiger partial charge in [0, 0.05) is 29.6 Å². The van der Waals surface area contributed by atoms with Gasteiger partial charge in [-0.05, 0) is 49.2 Å². The molecule has 2 amide bonds. The normalized spacial score (nSPS) is 13.1. The van der Waals surface area contributed by atoms with Crippen molar-refractivity contribution in [2.75, 3.05) is 6.54 Å². The van der Waals surface area contributed by atoms with Gasteiger partial charge >= 0.3 is 0 Å². The standard InChI is InChI=1S/C22H20Cl2N4O3/c23-15-7-5-14(6-8-15)21(30)25-12-11-20(29)28(16-9-10-16)13-19-26-27-22(31-19)17-3-1-2-4-18(17)24/h1-8,16H,9-13H2,(H,25,30). The molecule has 0 atom stereocenters. The van der Waals surface area contributed by atoms with Crippen LogP contribution in [0.5, 0.6) is 0 Å². The Kier molecular flexibility index (Phi) is 6.53. The Morgan fingerprint density at radius 1 is 1.06 bits per heavy atom. The van der Waals surface area contributed by atoms with Gasteiger partial charge in [-0.15, -0.1) is 10.2 Å². The van der Waals surface area contributed by atoms with E-state index in [0.29, 0.717) is 33.0 Å². The molecule has 0 aliphatic heterocycles. The number of carbonyl (C=O) groups excluding carboxylic acids is 2. The summed E-state index contributed by atoms with van der Waals surface area (Å²) < 4.78 is 5.74. The van der Waals surface area contributed by atoms with Gasteiger partial charge in [-0.2, -0.15) is 0 Å². The van der Waals surface area contributed by atoms with Crippen molar-refractivity contribution >= 4 is 35.0 Å². The van der Waals surface area contributed by atoms with Crippen molar-refractivity contribution in [3.05, 3.63) is 70.0 Å². The van der Waals surface area contributed by atoms with Gasteiger partial charge in [0.25, 0.3) is 5.91 Å². The lowest BCUT2D eigenvalue weighted by atomic mass is 10.2. The second kappa shape index (κ2) is 9.49. The average molecular weight is 459 g/mol. The highest BCUT2D eigenvalue weighted by Crippen LogP contribution is 2.30. The monoisotopic (exact) mass is 458 g/mol. The first kappa shape index (κ1) is 21.3. The second-order valence-electron chi connectivity index (χ2n) is 7.25. The molecule has 0 unspecified atom stereocenters. The van der Waals surface area contributed by atoms with E-state index < -0.39 is 0 Å². The molecule has 1 fully saturated rings. The van der Waals surface area contributed by atoms with Gasteiger partial charge < -0.3 is 14.6 Å². The summed E-state index contributed by atoms with van der Waals surface area (Å²) in [5, 5.41) is 12.0. The smallest absolute Gasteiger partial charge is 0.251 e. The van der Waals surface area contributed by atoms with E-state index in [4.69, 9.17) is 27.6 Å². The van der Waals surface area contributed by atoms with Gasteiger partial charge in [0.05, 0.1) is 17.1 Å². The first-order valence-electron chi connectivity index (χ1n) is 9.92. The lowest BCUT2D eigenvalue weighted by Crippen LogP contribution is -2.35. The minimum absolute atomic E-state index is 0.0728. The molecule has 1 aromatic heterocycles. The minimum Gasteiger partial charge on any atom is -0.419 e. The summed E-state index contributed by atoms with van der Waals surface area (Å²) in [7, 11) is 0. The van der Waals surface area contributed by atoms with Gasteiger partial charge in [-0.1, -0.05) is 35.3 Å². The Labute approximate surface area is 189 Å². The Morgan fingerprint density at radius 2 is 1.81 bits per heavy atom. The Balaban J connectivity index is 1.34. The fourth-order valence-corrected chi connectivity index (χ4v) is 3.49. The fraction of sp³-hybridized carbons (Fsp3) is 0.273. The van der Waals surface area contributed by atoms with E-state index in [0.717, 1.165) is 12.8 Å². The van der Waals surface area contributed by atoms with E-state index in [1.807, 2.05) is 12.1 Å². The maximum atomic E-state index is 12.8. The van der Waals surface area contributed by atoms with Crippen molar-refractivity contribution in [2.24, 2.45) is 0 Å². The molecule has 1 aliphatic carbocycles. The van der Waals surface area contributed by atoms with Crippen LogP contribution in [0.4, 0.5) is 0 Å². The van der Waals surface area contributed by atoms with Crippen LogP contribution in [0, 0.1) is 0 Å². The molecule has 7 nitrogen and oxygen atoms in total. The zero-order valence-corrected chi connectivity index (χ0v) is 18.1. The van der Waals surface area contributed by atoms with E-state index >= 15 is 0 Å². The second-order valence-corrected chi connectivity index (χ2v) is 8.09. The summed E-state index contributed by atoms with van der Waals surface area (Å²) in [6.45, 7) is 0.463. The van der Waals surface area contributed by atoms with Crippen LogP contribution in [0.2, 0.25) is 10.0 Å². The number of hydrogen-bond donors (Lipinski definition) is 1. The molecule has 1 heterocycles. The average Bonchev–Trinajstić information content (AvgIpc) is 3.50. The van der Waals surface area contributed by atoms with Gasteiger partial charge in [-0.25, -0.2) is 0 Å². The third kappa shape index (κ3) is 5.42. The number of aromatic nitrogens is 2. The number of nitrogens with zero attached hydrogens (tertiary/aromatic N) is 3. The number of rotatable bonds is 8. The molecule has 1 saturated carbocycles. The van der Waals surface area contributed by atoms with E-state index in [1.54, 1.807) is 41.3 Å². The van der Waals surface area contributed by atoms with Crippen molar-refractivity contribution in [2.45, 2.75) is 31.8 Å². The molecule has 0 bridgehead atoms. The molecule has 1 aliphatic rings. The fourth-order valence-electron chi connectivity index (χ4n) is 3.14. The number of halogens is 2. The molecule has 160 valence electrons. The largest absolute Gasteiger partial charge is 0.419 e. The molecule has 2 aromatic carbocycles. The molecule has 0 spiro atoms. The zero-order valence-electron chi connectivity index (χ0n) is 16.6. The molecule has 9 heteroatoms. The van der Waals surface area contributed by atoms with Gasteiger partial charge in [-0.3, -0.25) is 9.59 Å². The molecular formula is C22H20Cl2N4O3. The molecule has 3 aromatic rings. The number of benzene rings is 2. The first-order valence-corrected chi connectivity index (χ1v) is 10.7. The highest BCUT2D eigenvalue weighted by molar-refractivity contribution is 6.33. The zero-order chi connectivity index (χ0) is 21.8. The van der Waals surface area contributed by atoms with Crippen LogP contribution in [0.25, 0.3) is 11.5 Å². The maximum absolute atomic E-state index is 12.8. The number of hydrogen-bond acceptors (Lipinski definition) is 5. The quantitative estimate of drug-likeness (QED) is 0.541. The maximum Gasteiger partial charge on any atom is 0.251 e. The summed E-state index contributed by atoms with van der Waals surface area (Å²) >= 11 is 12.0. The van der Waals surface area contributed by atoms with Crippen molar-refractivity contribution in [1.29, 1.82) is 0 Å². The van der Waals surface area contributed by atoms with E-state index in [9.17, 15) is 9.59 Å². The summed E-state index contributed by atoms with van der Waals surface area (Å²) in [5.41, 5.74) is 1.14. The van der Waals surface area contributed by atoms with E-state index in [2.05, 4.69) is 15.5 Å². The third-order valence-corrected chi connectivity index (χ3v) is 5.50. The number of carbonyl (C=O) groups is 2. The van der Waals surface area contributed by atoms with Crippen LogP contribution < -0.4 is 5.32 Å². The summed E-state index contributed by atoms with van der Waals surface area (Å²) in [4.78, 5) is 26.7. The SMILES string of the molecule is O=C(NCCC(=O)N(Cc1nnc(-c2ccccc2Cl)o1)C1CC1)c1ccc(Cl)cc1. The van der Waals surface area contributed by atoms with Crippen molar-refractivity contribution in [1.82, 2.24) is 20.4 Å². The first-order chi connectivity index (χ1) is 15.0. The topological polar surface area (TPSA) is 88.3 Å². The predicted molar refractivity (Wildman–Crippen MR) is 117 cm³/mol. The van der Waals surface area contributed by atoms with Gasteiger partial charge in [0.2, 0.25) is 17.7 Å². The van der Waals surface area contributed by atoms with Crippen LogP contribution in [0.1, 0.15) is 35.5 Å². The molecule has 1 N–H and O–H groups in total. The highest BCUT2D eigenvalue weighted by Gasteiger charge is 2.33. The number of nitrogens with one attached hydrogen (secondary N) is 1. The lowest BCUT2D eigenvalue weighted by molar-refractivity contribution is -0.132. The van der Waals surface area contributed by atoms with Crippen LogP contribution in [0.15, 0.2) is 52.9 Å².